The molecule has 0 aliphatic heterocycles. The van der Waals surface area contributed by atoms with Crippen molar-refractivity contribution in [2.24, 2.45) is 0 Å². The van der Waals surface area contributed by atoms with E-state index < -0.39 is 10.7 Å². The van der Waals surface area contributed by atoms with Crippen molar-refractivity contribution in [1.29, 1.82) is 0 Å². The van der Waals surface area contributed by atoms with Crippen molar-refractivity contribution < 1.29 is 9.31 Å². The van der Waals surface area contributed by atoms with E-state index in [1.54, 1.807) is 23.3 Å². The van der Waals surface area contributed by atoms with Crippen LogP contribution in [0.15, 0.2) is 36.9 Å². The van der Waals surface area contributed by atoms with Gasteiger partial charge in [0.25, 0.3) is 5.69 Å². The summed E-state index contributed by atoms with van der Waals surface area (Å²) in [6.07, 6.45) is 4.86. The summed E-state index contributed by atoms with van der Waals surface area (Å²) in [6, 6.07) is 3.52. The standard InChI is InChI=1S/C10H8FN3O2/c11-9-3-8(4-10(5-9)14(15)16)6-13-2-1-12-7-13/h1-5,7H,6H2. The number of aromatic nitrogens is 2. The quantitative estimate of drug-likeness (QED) is 0.588. The number of nitrogens with zero attached hydrogens (tertiary/aromatic N) is 3. The number of benzene rings is 1. The molecule has 0 spiro atoms. The molecule has 2 rings (SSSR count). The molecule has 0 amide bonds. The summed E-state index contributed by atoms with van der Waals surface area (Å²) in [7, 11) is 0. The Kier molecular flexibility index (Phi) is 2.63. The Morgan fingerprint density at radius 1 is 1.44 bits per heavy atom. The van der Waals surface area contributed by atoms with Gasteiger partial charge in [0.15, 0.2) is 0 Å². The number of hydrogen-bond donors (Lipinski definition) is 0. The number of imidazole rings is 1. The van der Waals surface area contributed by atoms with Gasteiger partial charge in [-0.05, 0) is 11.6 Å². The molecule has 0 fully saturated rings. The topological polar surface area (TPSA) is 61.0 Å². The lowest BCUT2D eigenvalue weighted by molar-refractivity contribution is -0.385. The summed E-state index contributed by atoms with van der Waals surface area (Å²) < 4.78 is 14.8. The zero-order valence-corrected chi connectivity index (χ0v) is 8.21. The maximum atomic E-state index is 13.1. The molecule has 0 saturated heterocycles. The van der Waals surface area contributed by atoms with Gasteiger partial charge in [-0.15, -0.1) is 0 Å². The molecule has 0 radical (unpaired) electrons. The summed E-state index contributed by atoms with van der Waals surface area (Å²) in [5, 5.41) is 10.5. The second-order valence-electron chi connectivity index (χ2n) is 3.31. The van der Waals surface area contributed by atoms with Crippen LogP contribution in [0.3, 0.4) is 0 Å². The minimum absolute atomic E-state index is 0.241. The fourth-order valence-corrected chi connectivity index (χ4v) is 1.42. The summed E-state index contributed by atoms with van der Waals surface area (Å²) in [5.41, 5.74) is 0.291. The van der Waals surface area contributed by atoms with E-state index in [4.69, 9.17) is 0 Å². The predicted octanol–water partition coefficient (Wildman–Crippen LogP) is 1.98. The molecule has 16 heavy (non-hydrogen) atoms. The third-order valence-electron chi connectivity index (χ3n) is 2.08. The minimum Gasteiger partial charge on any atom is -0.333 e. The van der Waals surface area contributed by atoms with Gasteiger partial charge < -0.3 is 4.57 Å². The van der Waals surface area contributed by atoms with Crippen LogP contribution in [0.4, 0.5) is 10.1 Å². The first kappa shape index (κ1) is 10.3. The van der Waals surface area contributed by atoms with E-state index in [-0.39, 0.29) is 5.69 Å². The highest BCUT2D eigenvalue weighted by Gasteiger charge is 2.09. The van der Waals surface area contributed by atoms with Gasteiger partial charge in [0.1, 0.15) is 5.82 Å². The van der Waals surface area contributed by atoms with Crippen molar-refractivity contribution in [1.82, 2.24) is 9.55 Å². The molecule has 0 aliphatic rings. The second kappa shape index (κ2) is 4.09. The monoisotopic (exact) mass is 221 g/mol. The van der Waals surface area contributed by atoms with Gasteiger partial charge in [-0.1, -0.05) is 0 Å². The summed E-state index contributed by atoms with van der Waals surface area (Å²) in [6.45, 7) is 0.360. The van der Waals surface area contributed by atoms with Crippen LogP contribution in [0.5, 0.6) is 0 Å². The molecule has 1 aromatic heterocycles. The lowest BCUT2D eigenvalue weighted by Gasteiger charge is -2.02. The van der Waals surface area contributed by atoms with Crippen LogP contribution in [0.1, 0.15) is 5.56 Å². The molecule has 6 heteroatoms. The molecule has 2 aromatic rings. The van der Waals surface area contributed by atoms with Crippen LogP contribution in [0.2, 0.25) is 0 Å². The molecule has 1 heterocycles. The van der Waals surface area contributed by atoms with Gasteiger partial charge in [0, 0.05) is 25.0 Å². The molecular formula is C10H8FN3O2. The van der Waals surface area contributed by atoms with Crippen LogP contribution < -0.4 is 0 Å². The average Bonchev–Trinajstić information content (AvgIpc) is 2.69. The molecule has 82 valence electrons. The zero-order chi connectivity index (χ0) is 11.5. The highest BCUT2D eigenvalue weighted by molar-refractivity contribution is 5.35. The summed E-state index contributed by atoms with van der Waals surface area (Å²) >= 11 is 0. The molecule has 0 unspecified atom stereocenters. The first-order chi connectivity index (χ1) is 7.65. The number of nitro groups is 1. The Morgan fingerprint density at radius 2 is 2.25 bits per heavy atom. The van der Waals surface area contributed by atoms with Crippen LogP contribution in [-0.4, -0.2) is 14.5 Å². The number of nitro benzene ring substituents is 1. The van der Waals surface area contributed by atoms with Gasteiger partial charge in [-0.2, -0.15) is 0 Å². The van der Waals surface area contributed by atoms with Crippen LogP contribution in [0, 0.1) is 15.9 Å². The smallest absolute Gasteiger partial charge is 0.272 e. The van der Waals surface area contributed by atoms with E-state index in [2.05, 4.69) is 4.98 Å². The van der Waals surface area contributed by atoms with E-state index in [9.17, 15) is 14.5 Å². The largest absolute Gasteiger partial charge is 0.333 e. The van der Waals surface area contributed by atoms with Gasteiger partial charge in [-0.3, -0.25) is 10.1 Å². The molecule has 0 atom stereocenters. The first-order valence-electron chi connectivity index (χ1n) is 4.55. The van der Waals surface area contributed by atoms with Crippen molar-refractivity contribution in [3.63, 3.8) is 0 Å². The fourth-order valence-electron chi connectivity index (χ4n) is 1.42. The summed E-state index contributed by atoms with van der Waals surface area (Å²) in [5.74, 6) is -0.607. The predicted molar refractivity (Wildman–Crippen MR) is 54.4 cm³/mol. The van der Waals surface area contributed by atoms with E-state index in [0.717, 1.165) is 6.07 Å². The van der Waals surface area contributed by atoms with Gasteiger partial charge in [-0.25, -0.2) is 9.37 Å². The Balaban J connectivity index is 2.31. The maximum absolute atomic E-state index is 13.1. The number of non-ortho nitro benzene ring substituents is 1. The minimum atomic E-state index is -0.611. The van der Waals surface area contributed by atoms with Crippen LogP contribution in [-0.2, 0) is 6.54 Å². The van der Waals surface area contributed by atoms with Crippen molar-refractivity contribution in [3.05, 3.63) is 58.4 Å². The van der Waals surface area contributed by atoms with Crippen molar-refractivity contribution >= 4 is 5.69 Å². The lowest BCUT2D eigenvalue weighted by Crippen LogP contribution is -1.99. The Hall–Kier alpha value is -2.24. The molecule has 0 bridgehead atoms. The highest BCUT2D eigenvalue weighted by atomic mass is 19.1. The number of rotatable bonds is 3. The Morgan fingerprint density at radius 3 is 2.88 bits per heavy atom. The Bertz CT molecular complexity index is 511. The van der Waals surface area contributed by atoms with Gasteiger partial charge in [0.2, 0.25) is 0 Å². The van der Waals surface area contributed by atoms with Crippen LogP contribution in [0.25, 0.3) is 0 Å². The molecule has 0 N–H and O–H groups in total. The van der Waals surface area contributed by atoms with Crippen molar-refractivity contribution in [2.45, 2.75) is 6.54 Å². The molecular weight excluding hydrogens is 213 g/mol. The normalized spacial score (nSPS) is 10.3. The average molecular weight is 221 g/mol. The third-order valence-corrected chi connectivity index (χ3v) is 2.08. The second-order valence-corrected chi connectivity index (χ2v) is 3.31. The molecule has 0 aliphatic carbocycles. The molecule has 0 saturated carbocycles. The van der Waals surface area contributed by atoms with E-state index in [0.29, 0.717) is 12.1 Å². The van der Waals surface area contributed by atoms with E-state index in [1.165, 1.54) is 12.1 Å². The molecule has 5 nitrogen and oxygen atoms in total. The maximum Gasteiger partial charge on any atom is 0.272 e. The van der Waals surface area contributed by atoms with Gasteiger partial charge >= 0.3 is 0 Å². The number of hydrogen-bond acceptors (Lipinski definition) is 3. The lowest BCUT2D eigenvalue weighted by atomic mass is 10.2. The fraction of sp³-hybridized carbons (Fsp3) is 0.100. The first-order valence-corrected chi connectivity index (χ1v) is 4.55. The number of halogens is 1. The molecule has 1 aromatic carbocycles. The van der Waals surface area contributed by atoms with E-state index >= 15 is 0 Å². The highest BCUT2D eigenvalue weighted by Crippen LogP contribution is 2.16. The van der Waals surface area contributed by atoms with Crippen molar-refractivity contribution in [3.8, 4) is 0 Å². The zero-order valence-electron chi connectivity index (χ0n) is 8.21. The van der Waals surface area contributed by atoms with Gasteiger partial charge in [0.05, 0.1) is 17.3 Å². The van der Waals surface area contributed by atoms with Crippen LogP contribution >= 0.6 is 0 Å². The third kappa shape index (κ3) is 2.22. The van der Waals surface area contributed by atoms with E-state index in [1.807, 2.05) is 0 Å². The summed E-state index contributed by atoms with van der Waals surface area (Å²) in [4.78, 5) is 13.8. The Labute approximate surface area is 90.3 Å². The van der Waals surface area contributed by atoms with Crippen molar-refractivity contribution in [2.75, 3.05) is 0 Å². The SMILES string of the molecule is O=[N+]([O-])c1cc(F)cc(Cn2ccnc2)c1.